The van der Waals surface area contributed by atoms with Crippen LogP contribution < -0.4 is 77.5 Å². The summed E-state index contributed by atoms with van der Waals surface area (Å²) in [6.45, 7) is 4.58. The third kappa shape index (κ3) is 9.01. The number of nitrogen functional groups attached to an aromatic ring is 4. The number of anilines is 8. The number of nitrogens with one attached hydrogen (secondary N) is 2. The maximum Gasteiger partial charge on any atom is 0.263 e. The lowest BCUT2D eigenvalue weighted by atomic mass is 9.96. The summed E-state index contributed by atoms with van der Waals surface area (Å²) >= 11 is 0. The first-order chi connectivity index (χ1) is 37.7. The van der Waals surface area contributed by atoms with Crippen molar-refractivity contribution in [3.05, 3.63) is 178 Å². The second-order valence-electron chi connectivity index (χ2n) is 19.7. The van der Waals surface area contributed by atoms with Gasteiger partial charge in [-0.1, -0.05) is 75.2 Å². The molecule has 0 aliphatic carbocycles. The van der Waals surface area contributed by atoms with E-state index in [0.717, 1.165) is 47.7 Å². The van der Waals surface area contributed by atoms with Gasteiger partial charge in [0.05, 0.1) is 101 Å². The van der Waals surface area contributed by atoms with E-state index in [0.29, 0.717) is 22.7 Å². The van der Waals surface area contributed by atoms with E-state index < -0.39 is 44.0 Å². The van der Waals surface area contributed by atoms with E-state index in [-0.39, 0.29) is 140 Å². The average Bonchev–Trinajstić information content (AvgIpc) is 4.03. The fourth-order valence-electron chi connectivity index (χ4n) is 10.8. The number of aromatic nitrogens is 2. The molecule has 78 heavy (non-hydrogen) atoms. The van der Waals surface area contributed by atoms with Crippen molar-refractivity contribution >= 4 is 110 Å². The van der Waals surface area contributed by atoms with Gasteiger partial charge in [-0.15, -0.1) is 0 Å². The molecular weight excluding hydrogens is 993 g/mol. The molecule has 10 aromatic rings. The highest BCUT2D eigenvalue weighted by Gasteiger charge is 2.28. The quantitative estimate of drug-likeness (QED) is 0.0185. The lowest BCUT2D eigenvalue weighted by molar-refractivity contribution is 0.0439. The number of hydrogen-bond donors (Lipinski definition) is 6. The second kappa shape index (κ2) is 21.6. The number of unbranched alkanes of at least 4 members (excludes halogenated alkanes) is 2. The van der Waals surface area contributed by atoms with Gasteiger partial charge in [0.15, 0.2) is 21.7 Å². The first-order valence-corrected chi connectivity index (χ1v) is 26.2. The predicted molar refractivity (Wildman–Crippen MR) is 314 cm³/mol. The van der Waals surface area contributed by atoms with Crippen molar-refractivity contribution in [1.82, 2.24) is 9.13 Å². The molecule has 0 unspecified atom stereocenters. The molecule has 8 aromatic carbocycles. The zero-order valence-corrected chi connectivity index (χ0v) is 43.3. The Labute approximate surface area is 443 Å². The van der Waals surface area contributed by atoms with Crippen LogP contribution in [0.15, 0.2) is 123 Å². The number of rotatable bonds is 21. The summed E-state index contributed by atoms with van der Waals surface area (Å²) in [5.74, 6) is 0. The molecular formula is C60H58N8O10. The summed E-state index contributed by atoms with van der Waals surface area (Å²) < 4.78 is 13.4. The number of benzene rings is 8. The topological polar surface area (TPSA) is 293 Å². The summed E-state index contributed by atoms with van der Waals surface area (Å²) in [6.07, 6.45) is 6.57. The molecule has 0 radical (unpaired) electrons. The van der Waals surface area contributed by atoms with Crippen molar-refractivity contribution < 1.29 is 9.47 Å². The Balaban J connectivity index is 0.784. The van der Waals surface area contributed by atoms with Crippen molar-refractivity contribution in [2.75, 3.05) is 60.0 Å². The first-order valence-electron chi connectivity index (χ1n) is 26.2. The predicted octanol–water partition coefficient (Wildman–Crippen LogP) is 6.86. The van der Waals surface area contributed by atoms with Crippen molar-refractivity contribution in [2.45, 2.75) is 78.3 Å². The van der Waals surface area contributed by atoms with Crippen LogP contribution in [0.2, 0.25) is 0 Å². The molecule has 0 saturated heterocycles. The van der Waals surface area contributed by atoms with E-state index in [2.05, 4.69) is 24.5 Å². The highest BCUT2D eigenvalue weighted by Crippen LogP contribution is 2.35. The van der Waals surface area contributed by atoms with E-state index in [1.165, 1.54) is 23.3 Å². The van der Waals surface area contributed by atoms with Crippen LogP contribution in [0.5, 0.6) is 0 Å². The van der Waals surface area contributed by atoms with Crippen LogP contribution in [0.3, 0.4) is 0 Å². The maximum absolute atomic E-state index is 14.3. The van der Waals surface area contributed by atoms with Gasteiger partial charge in [-0.25, -0.2) is 0 Å². The minimum Gasteiger partial charge on any atom is -0.397 e. The zero-order valence-electron chi connectivity index (χ0n) is 43.3. The molecule has 0 saturated carbocycles. The monoisotopic (exact) mass is 1050 g/mol. The van der Waals surface area contributed by atoms with Crippen molar-refractivity contribution in [1.29, 1.82) is 0 Å². The van der Waals surface area contributed by atoms with Gasteiger partial charge >= 0.3 is 0 Å². The Morgan fingerprint density at radius 3 is 1.05 bits per heavy atom. The SMILES string of the molecule is CCCCc1ccc(Nc2cccc3c(=O)c4c(N)c5c(=O)n(CCCOCCOCCCn6c(=O)c7c(N)c8c(=O)c9cccc(Nc%10ccc(CCCC)cc%10)c9c(=O)c8c(N)c7c6=O)c(=O)c5c(N)c4c(=O)c23)cc1. The maximum atomic E-state index is 14.3. The van der Waals surface area contributed by atoms with Gasteiger partial charge in [-0.3, -0.25) is 47.5 Å². The molecule has 0 bridgehead atoms. The minimum atomic E-state index is -0.747. The molecule has 0 amide bonds. The Hall–Kier alpha value is -9.00. The zero-order chi connectivity index (χ0) is 55.1. The van der Waals surface area contributed by atoms with Gasteiger partial charge in [-0.05, 0) is 86.1 Å². The van der Waals surface area contributed by atoms with E-state index in [1.807, 2.05) is 48.5 Å². The first kappa shape index (κ1) is 52.4. The summed E-state index contributed by atoms with van der Waals surface area (Å²) in [5, 5.41) is 5.06. The normalized spacial score (nSPS) is 11.9. The highest BCUT2D eigenvalue weighted by atomic mass is 16.5. The van der Waals surface area contributed by atoms with Crippen LogP contribution in [0.25, 0.3) is 64.6 Å². The third-order valence-corrected chi connectivity index (χ3v) is 14.8. The number of fused-ring (bicyclic) bond motifs is 6. The van der Waals surface area contributed by atoms with Gasteiger partial charge in [0.25, 0.3) is 22.2 Å². The number of nitrogens with two attached hydrogens (primary N) is 4. The molecule has 0 aliphatic heterocycles. The summed E-state index contributed by atoms with van der Waals surface area (Å²) in [4.78, 5) is 112. The van der Waals surface area contributed by atoms with Gasteiger partial charge in [0.1, 0.15) is 0 Å². The molecule has 0 atom stereocenters. The fourth-order valence-corrected chi connectivity index (χ4v) is 10.8. The van der Waals surface area contributed by atoms with Crippen LogP contribution in [-0.2, 0) is 35.4 Å². The summed E-state index contributed by atoms with van der Waals surface area (Å²) in [5.41, 5.74) is 24.1. The molecule has 398 valence electrons. The highest BCUT2D eigenvalue weighted by molar-refractivity contribution is 6.23. The second-order valence-corrected chi connectivity index (χ2v) is 19.7. The van der Waals surface area contributed by atoms with E-state index in [9.17, 15) is 38.4 Å². The number of aryl methyl sites for hydroxylation is 2. The summed E-state index contributed by atoms with van der Waals surface area (Å²) in [7, 11) is 0. The summed E-state index contributed by atoms with van der Waals surface area (Å²) in [6, 6.07) is 25.3. The Morgan fingerprint density at radius 2 is 0.718 bits per heavy atom. The molecule has 2 heterocycles. The smallest absolute Gasteiger partial charge is 0.263 e. The fraction of sp³-hybridized carbons (Fsp3) is 0.267. The Morgan fingerprint density at radius 1 is 0.385 bits per heavy atom. The number of nitrogens with zero attached hydrogens (tertiary/aromatic N) is 2. The standard InChI is InChI=1S/C60H58N8O10/c1-3-5-11-31-17-21-33(22-18-31)65-37-15-7-13-35-39(37)55(71)43-41(53(35)69)49(61)45-47(51(43)63)59(75)67(57(45)73)25-9-27-77-29-30-78-28-10-26-68-58(74)46-48(60(68)76)52(64)44-42(50(46)62)54(70)36-14-8-16-38(40(36)56(44)72)66-34-23-19-32(20-24-34)12-6-4-2/h7-8,13-24,65-66H,3-6,9-12,25-30,61-64H2,1-2H3. The molecule has 10 rings (SSSR count). The Bertz CT molecular complexity index is 4190. The van der Waals surface area contributed by atoms with Gasteiger partial charge in [0.2, 0.25) is 0 Å². The molecule has 18 nitrogen and oxygen atoms in total. The molecule has 0 aliphatic rings. The molecule has 2 aromatic heterocycles. The van der Waals surface area contributed by atoms with Crippen LogP contribution >= 0.6 is 0 Å². The number of hydrogen-bond acceptors (Lipinski definition) is 16. The largest absolute Gasteiger partial charge is 0.397 e. The molecule has 18 heteroatoms. The minimum absolute atomic E-state index is 0.0792. The third-order valence-electron chi connectivity index (χ3n) is 14.8. The van der Waals surface area contributed by atoms with Gasteiger partial charge in [-0.2, -0.15) is 0 Å². The van der Waals surface area contributed by atoms with Gasteiger partial charge < -0.3 is 43.0 Å². The van der Waals surface area contributed by atoms with Gasteiger partial charge in [0, 0.05) is 48.5 Å². The lowest BCUT2D eigenvalue weighted by Gasteiger charge is -2.12. The van der Waals surface area contributed by atoms with Crippen LogP contribution in [-0.4, -0.2) is 35.6 Å². The van der Waals surface area contributed by atoms with E-state index >= 15 is 0 Å². The van der Waals surface area contributed by atoms with E-state index in [4.69, 9.17) is 32.4 Å². The van der Waals surface area contributed by atoms with Crippen LogP contribution in [0.4, 0.5) is 45.5 Å². The van der Waals surface area contributed by atoms with Crippen LogP contribution in [0, 0.1) is 0 Å². The number of ether oxygens (including phenoxy) is 2. The lowest BCUT2D eigenvalue weighted by Crippen LogP contribution is -2.26. The molecule has 10 N–H and O–H groups in total. The van der Waals surface area contributed by atoms with Crippen molar-refractivity contribution in [3.63, 3.8) is 0 Å². The van der Waals surface area contributed by atoms with Crippen molar-refractivity contribution in [3.8, 4) is 0 Å². The average molecular weight is 1050 g/mol. The molecule has 0 fully saturated rings. The van der Waals surface area contributed by atoms with Crippen LogP contribution in [0.1, 0.15) is 63.5 Å². The van der Waals surface area contributed by atoms with Crippen molar-refractivity contribution in [2.24, 2.45) is 0 Å². The van der Waals surface area contributed by atoms with E-state index in [1.54, 1.807) is 24.3 Å². The molecule has 0 spiro atoms. The Kier molecular flexibility index (Phi) is 14.5.